The molecule has 0 radical (unpaired) electrons. The number of nitrogens with zero attached hydrogens (tertiary/aromatic N) is 2. The van der Waals surface area contributed by atoms with Crippen LogP contribution in [0.3, 0.4) is 0 Å². The highest BCUT2D eigenvalue weighted by Gasteiger charge is 2.26. The van der Waals surface area contributed by atoms with E-state index in [2.05, 4.69) is 12.0 Å². The summed E-state index contributed by atoms with van der Waals surface area (Å²) < 4.78 is 6.81. The first kappa shape index (κ1) is 16.5. The lowest BCUT2D eigenvalue weighted by Gasteiger charge is -2.16. The van der Waals surface area contributed by atoms with Crippen LogP contribution >= 0.6 is 0 Å². The molecule has 1 saturated heterocycles. The molecule has 0 unspecified atom stereocenters. The van der Waals surface area contributed by atoms with Gasteiger partial charge in [0.1, 0.15) is 0 Å². The van der Waals surface area contributed by atoms with Gasteiger partial charge in [-0.05, 0) is 37.1 Å². The van der Waals surface area contributed by atoms with Gasteiger partial charge in [0.2, 0.25) is 0 Å². The Balaban J connectivity index is 1.76. The van der Waals surface area contributed by atoms with E-state index in [-0.39, 0.29) is 17.6 Å². The Morgan fingerprint density at radius 3 is 2.71 bits per heavy atom. The Bertz CT molecular complexity index is 761. The minimum absolute atomic E-state index is 0.00612. The van der Waals surface area contributed by atoms with Crippen molar-refractivity contribution in [1.29, 1.82) is 0 Å². The summed E-state index contributed by atoms with van der Waals surface area (Å²) in [6.45, 7) is 3.42. The van der Waals surface area contributed by atoms with Gasteiger partial charge in [0.25, 0.3) is 11.5 Å². The first-order chi connectivity index (χ1) is 11.6. The number of likely N-dealkylation sites (tertiary alicyclic amines) is 1. The summed E-state index contributed by atoms with van der Waals surface area (Å²) in [6.07, 6.45) is 2.82. The second-order valence-corrected chi connectivity index (χ2v) is 6.15. The Labute approximate surface area is 141 Å². The molecule has 1 N–H and O–H groups in total. The van der Waals surface area contributed by atoms with Crippen molar-refractivity contribution >= 4 is 5.91 Å². The molecule has 1 aliphatic rings. The highest BCUT2D eigenvalue weighted by molar-refractivity contribution is 5.94. The molecule has 0 bridgehead atoms. The Kier molecular flexibility index (Phi) is 4.85. The van der Waals surface area contributed by atoms with Crippen molar-refractivity contribution in [2.45, 2.75) is 32.3 Å². The summed E-state index contributed by atoms with van der Waals surface area (Å²) in [7, 11) is 1.67. The second kappa shape index (κ2) is 7.05. The molecule has 6 heteroatoms. The van der Waals surface area contributed by atoms with E-state index in [1.807, 2.05) is 4.90 Å². The number of rotatable bonds is 5. The zero-order valence-electron chi connectivity index (χ0n) is 14.1. The van der Waals surface area contributed by atoms with E-state index < -0.39 is 0 Å². The van der Waals surface area contributed by atoms with Crippen molar-refractivity contribution in [2.24, 2.45) is 0 Å². The van der Waals surface area contributed by atoms with Gasteiger partial charge in [-0.15, -0.1) is 0 Å². The van der Waals surface area contributed by atoms with Gasteiger partial charge in [0, 0.05) is 37.5 Å². The number of methoxy groups -OCH3 is 1. The van der Waals surface area contributed by atoms with Gasteiger partial charge in [0.05, 0.1) is 11.8 Å². The van der Waals surface area contributed by atoms with E-state index in [0.29, 0.717) is 12.1 Å². The average Bonchev–Trinajstić information content (AvgIpc) is 3.21. The number of carbonyl (C=O) groups excluding carboxylic acids is 1. The molecule has 2 heterocycles. The quantitative estimate of drug-likeness (QED) is 0.912. The third-order valence-corrected chi connectivity index (χ3v) is 4.43. The molecule has 1 atom stereocenters. The lowest BCUT2D eigenvalue weighted by molar-refractivity contribution is 0.0724. The van der Waals surface area contributed by atoms with Crippen LogP contribution in [0.15, 0.2) is 35.1 Å². The van der Waals surface area contributed by atoms with E-state index in [9.17, 15) is 9.59 Å². The predicted octanol–water partition coefficient (Wildman–Crippen LogP) is 1.98. The van der Waals surface area contributed by atoms with E-state index in [1.54, 1.807) is 37.4 Å². The first-order valence-corrected chi connectivity index (χ1v) is 8.35. The number of aryl methyl sites for hydroxylation is 1. The molecule has 0 spiro atoms. The largest absolute Gasteiger partial charge is 0.380 e. The number of hydrogen-bond acceptors (Lipinski definition) is 3. The summed E-state index contributed by atoms with van der Waals surface area (Å²) in [5.41, 5.74) is 2.20. The molecular formula is C18H23N3O3. The van der Waals surface area contributed by atoms with Crippen LogP contribution < -0.4 is 5.56 Å². The molecule has 1 amide bonds. The fourth-order valence-electron chi connectivity index (χ4n) is 3.07. The van der Waals surface area contributed by atoms with Crippen LogP contribution in [0.1, 0.15) is 35.8 Å². The zero-order chi connectivity index (χ0) is 17.1. The van der Waals surface area contributed by atoms with Crippen LogP contribution in [0.25, 0.3) is 5.69 Å². The van der Waals surface area contributed by atoms with Gasteiger partial charge < -0.3 is 9.64 Å². The Morgan fingerprint density at radius 2 is 2.08 bits per heavy atom. The lowest BCUT2D eigenvalue weighted by Crippen LogP contribution is -2.29. The van der Waals surface area contributed by atoms with Crippen LogP contribution in [0.2, 0.25) is 0 Å². The minimum atomic E-state index is -0.0833. The summed E-state index contributed by atoms with van der Waals surface area (Å²) in [4.78, 5) is 26.4. The molecular weight excluding hydrogens is 306 g/mol. The normalized spacial score (nSPS) is 17.4. The van der Waals surface area contributed by atoms with Crippen LogP contribution in [0.5, 0.6) is 0 Å². The molecule has 1 aromatic heterocycles. The van der Waals surface area contributed by atoms with Crippen molar-refractivity contribution in [3.8, 4) is 5.69 Å². The molecule has 3 rings (SSSR count). The number of benzene rings is 1. The molecule has 1 aromatic carbocycles. The van der Waals surface area contributed by atoms with E-state index >= 15 is 0 Å². The first-order valence-electron chi connectivity index (χ1n) is 8.35. The molecule has 2 aromatic rings. The molecule has 0 aliphatic carbocycles. The van der Waals surface area contributed by atoms with Gasteiger partial charge in [-0.2, -0.15) is 0 Å². The fourth-order valence-corrected chi connectivity index (χ4v) is 3.07. The Hall–Kier alpha value is -2.34. The van der Waals surface area contributed by atoms with Gasteiger partial charge in [-0.1, -0.05) is 13.3 Å². The van der Waals surface area contributed by atoms with Crippen molar-refractivity contribution < 1.29 is 9.53 Å². The van der Waals surface area contributed by atoms with Crippen LogP contribution in [0.4, 0.5) is 0 Å². The van der Waals surface area contributed by atoms with Gasteiger partial charge >= 0.3 is 0 Å². The molecule has 128 valence electrons. The standard InChI is InChI=1S/C18H23N3O3/c1-3-4-14-11-17(22)21(19-14)15-7-5-13(6-8-15)18(23)20-10-9-16(12-20)24-2/h5-8,11,16,19H,3-4,9-10,12H2,1-2H3/t16-/m0/s1. The number of aromatic nitrogens is 2. The third kappa shape index (κ3) is 3.28. The lowest BCUT2D eigenvalue weighted by atomic mass is 10.2. The maximum Gasteiger partial charge on any atom is 0.271 e. The molecule has 24 heavy (non-hydrogen) atoms. The number of aromatic amines is 1. The number of nitrogens with one attached hydrogen (secondary N) is 1. The SMILES string of the molecule is CCCc1cc(=O)n(-c2ccc(C(=O)N3CC[C@H](OC)C3)cc2)[nH]1. The maximum absolute atomic E-state index is 12.5. The highest BCUT2D eigenvalue weighted by Crippen LogP contribution is 2.16. The van der Waals surface area contributed by atoms with Crippen molar-refractivity contribution in [2.75, 3.05) is 20.2 Å². The van der Waals surface area contributed by atoms with E-state index in [1.165, 1.54) is 4.68 Å². The van der Waals surface area contributed by atoms with Crippen molar-refractivity contribution in [3.05, 3.63) is 51.9 Å². The predicted molar refractivity (Wildman–Crippen MR) is 91.7 cm³/mol. The maximum atomic E-state index is 12.5. The summed E-state index contributed by atoms with van der Waals surface area (Å²) in [5.74, 6) is 0.00612. The van der Waals surface area contributed by atoms with Gasteiger partial charge in [-0.25, -0.2) is 4.68 Å². The van der Waals surface area contributed by atoms with E-state index in [4.69, 9.17) is 4.74 Å². The monoisotopic (exact) mass is 329 g/mol. The smallest absolute Gasteiger partial charge is 0.271 e. The van der Waals surface area contributed by atoms with Gasteiger partial charge in [-0.3, -0.25) is 14.7 Å². The molecule has 1 aliphatic heterocycles. The topological polar surface area (TPSA) is 67.3 Å². The molecule has 1 fully saturated rings. The number of ether oxygens (including phenoxy) is 1. The number of hydrogen-bond donors (Lipinski definition) is 1. The highest BCUT2D eigenvalue weighted by atomic mass is 16.5. The fraction of sp³-hybridized carbons (Fsp3) is 0.444. The average molecular weight is 329 g/mol. The second-order valence-electron chi connectivity index (χ2n) is 6.15. The summed E-state index contributed by atoms with van der Waals surface area (Å²) >= 11 is 0. The number of H-pyrrole nitrogens is 1. The zero-order valence-corrected chi connectivity index (χ0v) is 14.1. The number of amides is 1. The number of carbonyl (C=O) groups is 1. The van der Waals surface area contributed by atoms with Gasteiger partial charge in [0.15, 0.2) is 0 Å². The van der Waals surface area contributed by atoms with Crippen molar-refractivity contribution in [1.82, 2.24) is 14.7 Å². The summed E-state index contributed by atoms with van der Waals surface area (Å²) in [5, 5.41) is 3.11. The third-order valence-electron chi connectivity index (χ3n) is 4.43. The van der Waals surface area contributed by atoms with Crippen LogP contribution in [-0.2, 0) is 11.2 Å². The minimum Gasteiger partial charge on any atom is -0.380 e. The van der Waals surface area contributed by atoms with Crippen molar-refractivity contribution in [3.63, 3.8) is 0 Å². The molecule has 0 saturated carbocycles. The Morgan fingerprint density at radius 1 is 1.33 bits per heavy atom. The van der Waals surface area contributed by atoms with E-state index in [0.717, 1.165) is 37.2 Å². The summed E-state index contributed by atoms with van der Waals surface area (Å²) in [6, 6.07) is 8.75. The van der Waals surface area contributed by atoms with Crippen LogP contribution in [-0.4, -0.2) is 46.9 Å². The molecule has 6 nitrogen and oxygen atoms in total. The van der Waals surface area contributed by atoms with Crippen LogP contribution in [0, 0.1) is 0 Å².